The molecule has 0 aliphatic heterocycles. The summed E-state index contributed by atoms with van der Waals surface area (Å²) in [7, 11) is 0. The van der Waals surface area contributed by atoms with Crippen LogP contribution in [0.15, 0.2) is 37.6 Å². The quantitative estimate of drug-likeness (QED) is 0.830. The van der Waals surface area contributed by atoms with Crippen molar-refractivity contribution in [1.29, 1.82) is 0 Å². The minimum absolute atomic E-state index is 1.05. The molecule has 1 aromatic rings. The second-order valence-corrected chi connectivity index (χ2v) is 3.53. The molecule has 0 aromatic heterocycles. The molecular weight excluding hydrogens is 261 g/mol. The molecule has 0 spiro atoms. The van der Waals surface area contributed by atoms with Gasteiger partial charge in [-0.2, -0.15) is 0 Å². The van der Waals surface area contributed by atoms with Crippen LogP contribution in [0.1, 0.15) is 5.56 Å². The first kappa shape index (κ1) is 9.32. The Morgan fingerprint density at radius 1 is 1.33 bits per heavy atom. The number of anilines is 1. The van der Waals surface area contributed by atoms with Gasteiger partial charge in [-0.25, -0.2) is 0 Å². The lowest BCUT2D eigenvalue weighted by Gasteiger charge is -2.05. The zero-order valence-corrected chi connectivity index (χ0v) is 8.84. The van der Waals surface area contributed by atoms with Gasteiger partial charge in [0.1, 0.15) is 0 Å². The van der Waals surface area contributed by atoms with Crippen molar-refractivity contribution < 1.29 is 0 Å². The first-order valence-electron chi connectivity index (χ1n) is 3.57. The summed E-state index contributed by atoms with van der Waals surface area (Å²) in [5.74, 6) is 0. The molecule has 0 aliphatic carbocycles. The maximum Gasteiger partial charge on any atom is 0.0463 e. The Morgan fingerprint density at radius 3 is 2.67 bits per heavy atom. The van der Waals surface area contributed by atoms with Crippen LogP contribution in [0.5, 0.6) is 0 Å². The molecule has 2 heteroatoms. The second-order valence-electron chi connectivity index (χ2n) is 2.28. The SMILES string of the molecule is C=CNc1cc(I)ccc1C=C. The molecule has 62 valence electrons. The lowest BCUT2D eigenvalue weighted by Crippen LogP contribution is -1.90. The molecule has 0 fully saturated rings. The van der Waals surface area contributed by atoms with Gasteiger partial charge in [-0.15, -0.1) is 0 Å². The minimum Gasteiger partial charge on any atom is -0.362 e. The van der Waals surface area contributed by atoms with Crippen LogP contribution in [-0.4, -0.2) is 0 Å². The van der Waals surface area contributed by atoms with Crippen molar-refractivity contribution in [3.63, 3.8) is 0 Å². The van der Waals surface area contributed by atoms with Crippen molar-refractivity contribution in [2.45, 2.75) is 0 Å². The van der Waals surface area contributed by atoms with Crippen molar-refractivity contribution >= 4 is 34.4 Å². The third-order valence-corrected chi connectivity index (χ3v) is 2.16. The van der Waals surface area contributed by atoms with Crippen LogP contribution in [0.25, 0.3) is 6.08 Å². The average molecular weight is 271 g/mol. The molecule has 1 aromatic carbocycles. The number of hydrogen-bond acceptors (Lipinski definition) is 1. The molecule has 0 unspecified atom stereocenters. The van der Waals surface area contributed by atoms with E-state index in [1.54, 1.807) is 6.20 Å². The van der Waals surface area contributed by atoms with Crippen molar-refractivity contribution in [2.75, 3.05) is 5.32 Å². The Kier molecular flexibility index (Phi) is 3.34. The van der Waals surface area contributed by atoms with Crippen LogP contribution < -0.4 is 5.32 Å². The Balaban J connectivity index is 3.11. The predicted octanol–water partition coefficient (Wildman–Crippen LogP) is 3.49. The highest BCUT2D eigenvalue weighted by Gasteiger charge is 1.96. The van der Waals surface area contributed by atoms with Gasteiger partial charge >= 0.3 is 0 Å². The summed E-state index contributed by atoms with van der Waals surface area (Å²) in [6.45, 7) is 7.34. The van der Waals surface area contributed by atoms with Gasteiger partial charge in [-0.05, 0) is 46.5 Å². The summed E-state index contributed by atoms with van der Waals surface area (Å²) in [5, 5.41) is 3.06. The molecule has 12 heavy (non-hydrogen) atoms. The van der Waals surface area contributed by atoms with Crippen LogP contribution in [-0.2, 0) is 0 Å². The highest BCUT2D eigenvalue weighted by Crippen LogP contribution is 2.19. The third-order valence-electron chi connectivity index (χ3n) is 1.49. The largest absolute Gasteiger partial charge is 0.362 e. The molecule has 0 aliphatic rings. The molecule has 0 saturated heterocycles. The molecule has 0 saturated carbocycles. The van der Waals surface area contributed by atoms with Crippen LogP contribution in [0.2, 0.25) is 0 Å². The van der Waals surface area contributed by atoms with Gasteiger partial charge in [0.15, 0.2) is 0 Å². The summed E-state index contributed by atoms with van der Waals surface area (Å²) in [6.07, 6.45) is 3.49. The van der Waals surface area contributed by atoms with E-state index >= 15 is 0 Å². The molecule has 0 bridgehead atoms. The Labute approximate surface area is 86.3 Å². The van der Waals surface area contributed by atoms with E-state index in [0.717, 1.165) is 11.3 Å². The maximum absolute atomic E-state index is 3.73. The van der Waals surface area contributed by atoms with E-state index in [1.807, 2.05) is 18.2 Å². The summed E-state index contributed by atoms with van der Waals surface area (Å²) in [5.41, 5.74) is 2.14. The number of benzene rings is 1. The summed E-state index contributed by atoms with van der Waals surface area (Å²) >= 11 is 2.27. The van der Waals surface area contributed by atoms with Crippen molar-refractivity contribution in [1.82, 2.24) is 0 Å². The van der Waals surface area contributed by atoms with Gasteiger partial charge in [0.05, 0.1) is 0 Å². The molecule has 0 atom stereocenters. The molecular formula is C10H10IN. The molecule has 1 nitrogen and oxygen atoms in total. The highest BCUT2D eigenvalue weighted by molar-refractivity contribution is 14.1. The molecule has 0 heterocycles. The van der Waals surface area contributed by atoms with E-state index in [-0.39, 0.29) is 0 Å². The fourth-order valence-electron chi connectivity index (χ4n) is 0.941. The Morgan fingerprint density at radius 2 is 2.08 bits per heavy atom. The van der Waals surface area contributed by atoms with E-state index in [2.05, 4.69) is 47.1 Å². The van der Waals surface area contributed by atoms with Crippen molar-refractivity contribution in [2.24, 2.45) is 0 Å². The second kappa shape index (κ2) is 4.30. The fourth-order valence-corrected chi connectivity index (χ4v) is 1.43. The van der Waals surface area contributed by atoms with E-state index < -0.39 is 0 Å². The molecule has 1 rings (SSSR count). The molecule has 0 radical (unpaired) electrons. The zero-order chi connectivity index (χ0) is 8.97. The zero-order valence-electron chi connectivity index (χ0n) is 6.68. The van der Waals surface area contributed by atoms with Crippen molar-refractivity contribution in [3.8, 4) is 0 Å². The normalized spacial score (nSPS) is 9.08. The lowest BCUT2D eigenvalue weighted by atomic mass is 10.2. The Bertz CT molecular complexity index is 305. The number of nitrogens with one attached hydrogen (secondary N) is 1. The van der Waals surface area contributed by atoms with Gasteiger partial charge in [0.2, 0.25) is 0 Å². The Hall–Kier alpha value is -0.770. The monoisotopic (exact) mass is 271 g/mol. The first-order chi connectivity index (χ1) is 5.77. The first-order valence-corrected chi connectivity index (χ1v) is 4.65. The van der Waals surface area contributed by atoms with E-state index in [0.29, 0.717) is 0 Å². The summed E-state index contributed by atoms with van der Waals surface area (Å²) < 4.78 is 1.20. The van der Waals surface area contributed by atoms with Crippen LogP contribution in [0.3, 0.4) is 0 Å². The van der Waals surface area contributed by atoms with Gasteiger partial charge in [0, 0.05) is 9.26 Å². The van der Waals surface area contributed by atoms with Crippen LogP contribution >= 0.6 is 22.6 Å². The van der Waals surface area contributed by atoms with E-state index in [1.165, 1.54) is 3.57 Å². The lowest BCUT2D eigenvalue weighted by molar-refractivity contribution is 1.54. The van der Waals surface area contributed by atoms with Crippen LogP contribution in [0, 0.1) is 3.57 Å². The van der Waals surface area contributed by atoms with Crippen molar-refractivity contribution in [3.05, 3.63) is 46.7 Å². The smallest absolute Gasteiger partial charge is 0.0463 e. The number of rotatable bonds is 3. The van der Waals surface area contributed by atoms with E-state index in [9.17, 15) is 0 Å². The van der Waals surface area contributed by atoms with Gasteiger partial charge in [-0.3, -0.25) is 0 Å². The third kappa shape index (κ3) is 2.11. The topological polar surface area (TPSA) is 12.0 Å². The average Bonchev–Trinajstić information content (AvgIpc) is 2.05. The van der Waals surface area contributed by atoms with Gasteiger partial charge in [0.25, 0.3) is 0 Å². The molecule has 0 amide bonds. The molecule has 1 N–H and O–H groups in total. The maximum atomic E-state index is 3.73. The van der Waals surface area contributed by atoms with Crippen LogP contribution in [0.4, 0.5) is 5.69 Å². The number of halogens is 1. The predicted molar refractivity (Wildman–Crippen MR) is 63.1 cm³/mol. The summed E-state index contributed by atoms with van der Waals surface area (Å²) in [6, 6.07) is 6.13. The summed E-state index contributed by atoms with van der Waals surface area (Å²) in [4.78, 5) is 0. The van der Waals surface area contributed by atoms with Gasteiger partial charge < -0.3 is 5.32 Å². The standard InChI is InChI=1S/C10H10IN/c1-3-8-5-6-9(11)7-10(8)12-4-2/h3-7,12H,1-2H2. The van der Waals surface area contributed by atoms with Gasteiger partial charge in [-0.1, -0.05) is 25.3 Å². The minimum atomic E-state index is 1.05. The van der Waals surface area contributed by atoms with E-state index in [4.69, 9.17) is 0 Å². The highest BCUT2D eigenvalue weighted by atomic mass is 127. The fraction of sp³-hybridized carbons (Fsp3) is 0. The number of hydrogen-bond donors (Lipinski definition) is 1.